The van der Waals surface area contributed by atoms with Gasteiger partial charge in [0.05, 0.1) is 13.2 Å². The minimum atomic E-state index is -0.0926. The summed E-state index contributed by atoms with van der Waals surface area (Å²) in [6.07, 6.45) is 13.1. The average molecular weight is 328 g/mol. The molecule has 0 amide bonds. The standard InChI is InChI=1S/C19H36O4/c1-3-5-6-11-14-17-23-19(21)16-13-10-8-7-9-12-15-18(20)22-4-2/h3-17H2,1-2H3. The second-order valence-electron chi connectivity index (χ2n) is 6.06. The van der Waals surface area contributed by atoms with Crippen LogP contribution in [0.2, 0.25) is 0 Å². The molecule has 23 heavy (non-hydrogen) atoms. The molecule has 0 atom stereocenters. The van der Waals surface area contributed by atoms with Crippen molar-refractivity contribution in [3.63, 3.8) is 0 Å². The molecule has 0 aromatic rings. The third-order valence-corrected chi connectivity index (χ3v) is 3.83. The van der Waals surface area contributed by atoms with Crippen molar-refractivity contribution in [2.75, 3.05) is 13.2 Å². The fourth-order valence-electron chi connectivity index (χ4n) is 2.44. The fraction of sp³-hybridized carbons (Fsp3) is 0.895. The van der Waals surface area contributed by atoms with Gasteiger partial charge in [-0.25, -0.2) is 0 Å². The number of ether oxygens (including phenoxy) is 2. The maximum atomic E-state index is 11.5. The van der Waals surface area contributed by atoms with Crippen LogP contribution in [-0.4, -0.2) is 25.2 Å². The van der Waals surface area contributed by atoms with E-state index < -0.39 is 0 Å². The summed E-state index contributed by atoms with van der Waals surface area (Å²) in [6, 6.07) is 0. The summed E-state index contributed by atoms with van der Waals surface area (Å²) in [5.74, 6) is -0.146. The molecule has 0 aromatic carbocycles. The Bertz CT molecular complexity index is 289. The van der Waals surface area contributed by atoms with Gasteiger partial charge in [0.1, 0.15) is 0 Å². The summed E-state index contributed by atoms with van der Waals surface area (Å²) in [5, 5.41) is 0. The first-order chi connectivity index (χ1) is 11.2. The van der Waals surface area contributed by atoms with Crippen LogP contribution in [0.3, 0.4) is 0 Å². The van der Waals surface area contributed by atoms with E-state index in [1.807, 2.05) is 6.92 Å². The molecule has 0 spiro atoms. The Labute approximate surface area is 142 Å². The molecule has 4 nitrogen and oxygen atoms in total. The number of unbranched alkanes of at least 4 members (excludes halogenated alkanes) is 9. The van der Waals surface area contributed by atoms with Gasteiger partial charge >= 0.3 is 11.9 Å². The van der Waals surface area contributed by atoms with Gasteiger partial charge in [-0.2, -0.15) is 0 Å². The van der Waals surface area contributed by atoms with Crippen molar-refractivity contribution in [1.82, 2.24) is 0 Å². The molecule has 0 bridgehead atoms. The summed E-state index contributed by atoms with van der Waals surface area (Å²) < 4.78 is 10.1. The third-order valence-electron chi connectivity index (χ3n) is 3.83. The van der Waals surface area contributed by atoms with E-state index in [4.69, 9.17) is 9.47 Å². The molecule has 0 saturated carbocycles. The number of carbonyl (C=O) groups is 2. The van der Waals surface area contributed by atoms with Crippen LogP contribution in [0.5, 0.6) is 0 Å². The van der Waals surface area contributed by atoms with Crippen molar-refractivity contribution in [3.8, 4) is 0 Å². The lowest BCUT2D eigenvalue weighted by molar-refractivity contribution is -0.144. The van der Waals surface area contributed by atoms with Crippen molar-refractivity contribution in [1.29, 1.82) is 0 Å². The summed E-state index contributed by atoms with van der Waals surface area (Å²) in [7, 11) is 0. The zero-order valence-electron chi connectivity index (χ0n) is 15.2. The van der Waals surface area contributed by atoms with Gasteiger partial charge in [-0.1, -0.05) is 58.3 Å². The monoisotopic (exact) mass is 328 g/mol. The first-order valence-electron chi connectivity index (χ1n) is 9.52. The molecule has 0 heterocycles. The maximum Gasteiger partial charge on any atom is 0.305 e. The van der Waals surface area contributed by atoms with Crippen molar-refractivity contribution < 1.29 is 19.1 Å². The molecule has 0 rings (SSSR count). The molecule has 0 aliphatic rings. The van der Waals surface area contributed by atoms with Gasteiger partial charge in [0, 0.05) is 12.8 Å². The molecule has 0 unspecified atom stereocenters. The predicted octanol–water partition coefficient (Wildman–Crippen LogP) is 5.18. The molecule has 0 radical (unpaired) electrons. The number of esters is 2. The highest BCUT2D eigenvalue weighted by Crippen LogP contribution is 2.10. The van der Waals surface area contributed by atoms with E-state index in [1.165, 1.54) is 19.3 Å². The lowest BCUT2D eigenvalue weighted by atomic mass is 10.1. The maximum absolute atomic E-state index is 11.5. The van der Waals surface area contributed by atoms with Crippen molar-refractivity contribution in [2.45, 2.75) is 97.3 Å². The van der Waals surface area contributed by atoms with Gasteiger partial charge in [-0.3, -0.25) is 9.59 Å². The molecule has 0 fully saturated rings. The topological polar surface area (TPSA) is 52.6 Å². The first kappa shape index (κ1) is 21.9. The van der Waals surface area contributed by atoms with Crippen LogP contribution in [0.15, 0.2) is 0 Å². The molecule has 4 heteroatoms. The summed E-state index contributed by atoms with van der Waals surface area (Å²) in [5.41, 5.74) is 0. The quantitative estimate of drug-likeness (QED) is 0.289. The van der Waals surface area contributed by atoms with Crippen molar-refractivity contribution in [2.24, 2.45) is 0 Å². The van der Waals surface area contributed by atoms with Crippen molar-refractivity contribution >= 4 is 11.9 Å². The Morgan fingerprint density at radius 2 is 1.09 bits per heavy atom. The van der Waals surface area contributed by atoms with E-state index in [0.29, 0.717) is 26.1 Å². The van der Waals surface area contributed by atoms with Crippen LogP contribution < -0.4 is 0 Å². The number of rotatable bonds is 16. The zero-order chi connectivity index (χ0) is 17.2. The highest BCUT2D eigenvalue weighted by Gasteiger charge is 2.03. The molecule has 0 aliphatic carbocycles. The van der Waals surface area contributed by atoms with E-state index in [9.17, 15) is 9.59 Å². The minimum absolute atomic E-state index is 0.0530. The van der Waals surface area contributed by atoms with Crippen LogP contribution in [-0.2, 0) is 19.1 Å². The molecule has 0 aliphatic heterocycles. The Morgan fingerprint density at radius 3 is 1.65 bits per heavy atom. The van der Waals surface area contributed by atoms with Crippen LogP contribution in [0.25, 0.3) is 0 Å². The van der Waals surface area contributed by atoms with Crippen LogP contribution in [0, 0.1) is 0 Å². The SMILES string of the molecule is CCCCCCCOC(=O)CCCCCCCCC(=O)OCC. The van der Waals surface area contributed by atoms with Gasteiger partial charge in [-0.15, -0.1) is 0 Å². The first-order valence-corrected chi connectivity index (χ1v) is 9.52. The molecular formula is C19H36O4. The number of hydrogen-bond acceptors (Lipinski definition) is 4. The highest BCUT2D eigenvalue weighted by atomic mass is 16.5. The van der Waals surface area contributed by atoms with Gasteiger partial charge in [0.15, 0.2) is 0 Å². The Kier molecular flexibility index (Phi) is 16.5. The smallest absolute Gasteiger partial charge is 0.305 e. The van der Waals surface area contributed by atoms with Gasteiger partial charge in [-0.05, 0) is 26.2 Å². The normalized spacial score (nSPS) is 10.5. The van der Waals surface area contributed by atoms with E-state index in [2.05, 4.69) is 6.92 Å². The molecular weight excluding hydrogens is 292 g/mol. The van der Waals surface area contributed by atoms with Crippen LogP contribution >= 0.6 is 0 Å². The van der Waals surface area contributed by atoms with Gasteiger partial charge in [0.2, 0.25) is 0 Å². The number of carbonyl (C=O) groups excluding carboxylic acids is 2. The van der Waals surface area contributed by atoms with E-state index in [1.54, 1.807) is 0 Å². The minimum Gasteiger partial charge on any atom is -0.466 e. The molecule has 0 N–H and O–H groups in total. The van der Waals surface area contributed by atoms with Crippen LogP contribution in [0.1, 0.15) is 97.3 Å². The fourth-order valence-corrected chi connectivity index (χ4v) is 2.44. The summed E-state index contributed by atoms with van der Waals surface area (Å²) in [6.45, 7) is 5.07. The van der Waals surface area contributed by atoms with E-state index in [-0.39, 0.29) is 11.9 Å². The Morgan fingerprint density at radius 1 is 0.609 bits per heavy atom. The van der Waals surface area contributed by atoms with Gasteiger partial charge in [0.25, 0.3) is 0 Å². The lowest BCUT2D eigenvalue weighted by Gasteiger charge is -2.05. The second kappa shape index (κ2) is 17.3. The van der Waals surface area contributed by atoms with Crippen LogP contribution in [0.4, 0.5) is 0 Å². The predicted molar refractivity (Wildman–Crippen MR) is 93.3 cm³/mol. The Hall–Kier alpha value is -1.06. The third kappa shape index (κ3) is 17.1. The van der Waals surface area contributed by atoms with Gasteiger partial charge < -0.3 is 9.47 Å². The largest absolute Gasteiger partial charge is 0.466 e. The molecule has 0 aromatic heterocycles. The highest BCUT2D eigenvalue weighted by molar-refractivity contribution is 5.69. The average Bonchev–Trinajstić information content (AvgIpc) is 2.53. The summed E-state index contributed by atoms with van der Waals surface area (Å²) in [4.78, 5) is 22.7. The molecule has 136 valence electrons. The second-order valence-corrected chi connectivity index (χ2v) is 6.06. The van der Waals surface area contributed by atoms with E-state index in [0.717, 1.165) is 51.4 Å². The molecule has 0 saturated heterocycles. The lowest BCUT2D eigenvalue weighted by Crippen LogP contribution is -2.05. The zero-order valence-corrected chi connectivity index (χ0v) is 15.2. The van der Waals surface area contributed by atoms with Crippen molar-refractivity contribution in [3.05, 3.63) is 0 Å². The Balaban J connectivity index is 3.22. The number of hydrogen-bond donors (Lipinski definition) is 0. The van der Waals surface area contributed by atoms with E-state index >= 15 is 0 Å². The summed E-state index contributed by atoms with van der Waals surface area (Å²) >= 11 is 0.